The summed E-state index contributed by atoms with van der Waals surface area (Å²) in [6.07, 6.45) is 5.87. The molecule has 9 heteroatoms. The van der Waals surface area contributed by atoms with Gasteiger partial charge in [-0.3, -0.25) is 14.2 Å². The second kappa shape index (κ2) is 11.8. The van der Waals surface area contributed by atoms with E-state index in [4.69, 9.17) is 0 Å². The van der Waals surface area contributed by atoms with Crippen LogP contribution < -0.4 is 10.6 Å². The molecule has 178 valence electrons. The summed E-state index contributed by atoms with van der Waals surface area (Å²) in [6.45, 7) is 0.282. The molecule has 0 saturated heterocycles. The Morgan fingerprint density at radius 1 is 0.971 bits per heavy atom. The largest absolute Gasteiger partial charge is 0.355 e. The zero-order valence-electron chi connectivity index (χ0n) is 18.9. The molecular formula is C25H28FN5O2S. The van der Waals surface area contributed by atoms with Crippen molar-refractivity contribution in [2.45, 2.75) is 49.7 Å². The molecule has 0 spiro atoms. The maximum absolute atomic E-state index is 14.5. The molecule has 0 aliphatic heterocycles. The minimum Gasteiger partial charge on any atom is -0.355 e. The normalized spacial score (nSPS) is 14.0. The minimum absolute atomic E-state index is 0.0294. The summed E-state index contributed by atoms with van der Waals surface area (Å²) in [7, 11) is 0. The van der Waals surface area contributed by atoms with Crippen LogP contribution in [0.25, 0.3) is 17.1 Å². The fourth-order valence-corrected chi connectivity index (χ4v) is 4.82. The topological polar surface area (TPSA) is 88.9 Å². The van der Waals surface area contributed by atoms with E-state index in [1.807, 2.05) is 30.3 Å². The van der Waals surface area contributed by atoms with Crippen LogP contribution in [0.1, 0.15) is 38.5 Å². The molecule has 3 aromatic rings. The van der Waals surface area contributed by atoms with Crippen molar-refractivity contribution >= 4 is 23.6 Å². The van der Waals surface area contributed by atoms with Crippen LogP contribution in [0.4, 0.5) is 4.39 Å². The summed E-state index contributed by atoms with van der Waals surface area (Å²) in [5, 5.41) is 14.8. The van der Waals surface area contributed by atoms with Gasteiger partial charge in [0.05, 0.1) is 11.3 Å². The van der Waals surface area contributed by atoms with Gasteiger partial charge in [-0.15, -0.1) is 10.2 Å². The van der Waals surface area contributed by atoms with Crippen molar-refractivity contribution < 1.29 is 14.0 Å². The molecule has 2 amide bonds. The van der Waals surface area contributed by atoms with Crippen molar-refractivity contribution in [3.63, 3.8) is 0 Å². The Morgan fingerprint density at radius 3 is 2.47 bits per heavy atom. The van der Waals surface area contributed by atoms with Crippen LogP contribution in [-0.4, -0.2) is 44.9 Å². The number of amides is 2. The number of rotatable bonds is 9. The molecule has 1 heterocycles. The number of nitrogens with zero attached hydrogens (tertiary/aromatic N) is 3. The van der Waals surface area contributed by atoms with Gasteiger partial charge in [0.2, 0.25) is 11.8 Å². The van der Waals surface area contributed by atoms with Gasteiger partial charge in [-0.25, -0.2) is 4.39 Å². The van der Waals surface area contributed by atoms with Gasteiger partial charge in [-0.2, -0.15) is 0 Å². The zero-order valence-corrected chi connectivity index (χ0v) is 19.7. The Balaban J connectivity index is 1.36. The molecule has 1 aromatic heterocycles. The summed E-state index contributed by atoms with van der Waals surface area (Å²) in [4.78, 5) is 24.5. The molecular weight excluding hydrogens is 453 g/mol. The number of benzene rings is 2. The minimum atomic E-state index is -0.395. The number of carbonyl (C=O) groups is 2. The van der Waals surface area contributed by atoms with Gasteiger partial charge in [-0.05, 0) is 37.1 Å². The third kappa shape index (κ3) is 6.22. The highest BCUT2D eigenvalue weighted by atomic mass is 32.2. The lowest BCUT2D eigenvalue weighted by atomic mass is 9.95. The average Bonchev–Trinajstić information content (AvgIpc) is 3.28. The molecule has 7 nitrogen and oxygen atoms in total. The quantitative estimate of drug-likeness (QED) is 0.449. The van der Waals surface area contributed by atoms with Gasteiger partial charge < -0.3 is 10.6 Å². The first kappa shape index (κ1) is 23.9. The Labute approximate surface area is 202 Å². The smallest absolute Gasteiger partial charge is 0.230 e. The first-order valence-corrected chi connectivity index (χ1v) is 12.5. The van der Waals surface area contributed by atoms with Gasteiger partial charge in [0.15, 0.2) is 11.0 Å². The van der Waals surface area contributed by atoms with E-state index >= 15 is 0 Å². The molecule has 0 unspecified atom stereocenters. The van der Waals surface area contributed by atoms with Crippen molar-refractivity contribution in [1.29, 1.82) is 0 Å². The molecule has 1 aliphatic rings. The first-order chi connectivity index (χ1) is 16.6. The molecule has 4 rings (SSSR count). The maximum Gasteiger partial charge on any atom is 0.230 e. The van der Waals surface area contributed by atoms with Crippen LogP contribution in [0.5, 0.6) is 0 Å². The summed E-state index contributed by atoms with van der Waals surface area (Å²) < 4.78 is 16.2. The van der Waals surface area contributed by atoms with E-state index in [2.05, 4.69) is 20.8 Å². The van der Waals surface area contributed by atoms with Crippen LogP contribution in [0, 0.1) is 5.82 Å². The summed E-state index contributed by atoms with van der Waals surface area (Å²) in [6, 6.07) is 16.1. The fraction of sp³-hybridized carbons (Fsp3) is 0.360. The highest BCUT2D eigenvalue weighted by Crippen LogP contribution is 2.29. The van der Waals surface area contributed by atoms with Gasteiger partial charge in [0.25, 0.3) is 0 Å². The van der Waals surface area contributed by atoms with Crippen LogP contribution in [-0.2, 0) is 9.59 Å². The number of aromatic nitrogens is 3. The van der Waals surface area contributed by atoms with Gasteiger partial charge in [0, 0.05) is 24.7 Å². The van der Waals surface area contributed by atoms with E-state index in [1.54, 1.807) is 22.8 Å². The third-order valence-corrected chi connectivity index (χ3v) is 6.67. The van der Waals surface area contributed by atoms with Crippen molar-refractivity contribution in [1.82, 2.24) is 25.4 Å². The summed E-state index contributed by atoms with van der Waals surface area (Å²) in [5.41, 5.74) is 1.10. The lowest BCUT2D eigenvalue weighted by Gasteiger charge is -2.22. The number of para-hydroxylation sites is 1. The monoisotopic (exact) mass is 481 g/mol. The number of halogens is 1. The van der Waals surface area contributed by atoms with Crippen molar-refractivity contribution in [2.75, 3.05) is 12.3 Å². The lowest BCUT2D eigenvalue weighted by Crippen LogP contribution is -2.38. The average molecular weight is 482 g/mol. The van der Waals surface area contributed by atoms with Crippen molar-refractivity contribution in [3.05, 3.63) is 60.4 Å². The Bertz CT molecular complexity index is 1120. The van der Waals surface area contributed by atoms with E-state index in [0.717, 1.165) is 31.4 Å². The van der Waals surface area contributed by atoms with E-state index in [9.17, 15) is 14.0 Å². The second-order valence-electron chi connectivity index (χ2n) is 8.25. The predicted octanol–water partition coefficient (Wildman–Crippen LogP) is 4.12. The van der Waals surface area contributed by atoms with Crippen LogP contribution in [0.3, 0.4) is 0 Å². The number of hydrogen-bond acceptors (Lipinski definition) is 5. The first-order valence-electron chi connectivity index (χ1n) is 11.6. The van der Waals surface area contributed by atoms with E-state index < -0.39 is 5.82 Å². The molecule has 34 heavy (non-hydrogen) atoms. The standard InChI is InChI=1S/C25H28FN5O2S/c26-21-14-8-7-13-20(21)24-29-30-25(31(24)19-11-5-2-6-12-19)34-17-23(33)27-16-15-22(32)28-18-9-3-1-4-10-18/h2,5-8,11-14,18H,1,3-4,9-10,15-17H2,(H,27,33)(H,28,32). The zero-order chi connectivity index (χ0) is 23.8. The molecule has 1 saturated carbocycles. The van der Waals surface area contributed by atoms with Gasteiger partial charge >= 0.3 is 0 Å². The van der Waals surface area contributed by atoms with Crippen LogP contribution in [0.15, 0.2) is 59.8 Å². The molecule has 2 N–H and O–H groups in total. The van der Waals surface area contributed by atoms with E-state index in [0.29, 0.717) is 16.5 Å². The molecule has 1 fully saturated rings. The van der Waals surface area contributed by atoms with Crippen molar-refractivity contribution in [3.8, 4) is 17.1 Å². The number of nitrogens with one attached hydrogen (secondary N) is 2. The summed E-state index contributed by atoms with van der Waals surface area (Å²) in [5.74, 6) is -0.157. The Morgan fingerprint density at radius 2 is 1.71 bits per heavy atom. The van der Waals surface area contributed by atoms with E-state index in [1.165, 1.54) is 24.2 Å². The number of carbonyl (C=O) groups excluding carboxylic acids is 2. The summed E-state index contributed by atoms with van der Waals surface area (Å²) >= 11 is 1.21. The lowest BCUT2D eigenvalue weighted by molar-refractivity contribution is -0.122. The van der Waals surface area contributed by atoms with Crippen LogP contribution >= 0.6 is 11.8 Å². The van der Waals surface area contributed by atoms with E-state index in [-0.39, 0.29) is 36.6 Å². The highest BCUT2D eigenvalue weighted by molar-refractivity contribution is 7.99. The van der Waals surface area contributed by atoms with Gasteiger partial charge in [-0.1, -0.05) is 61.4 Å². The van der Waals surface area contributed by atoms with Crippen LogP contribution in [0.2, 0.25) is 0 Å². The highest BCUT2D eigenvalue weighted by Gasteiger charge is 2.20. The predicted molar refractivity (Wildman–Crippen MR) is 130 cm³/mol. The molecule has 0 bridgehead atoms. The Hall–Kier alpha value is -3.20. The molecule has 2 aromatic carbocycles. The number of thioether (sulfide) groups is 1. The maximum atomic E-state index is 14.5. The molecule has 0 atom stereocenters. The van der Waals surface area contributed by atoms with Crippen molar-refractivity contribution in [2.24, 2.45) is 0 Å². The second-order valence-corrected chi connectivity index (χ2v) is 9.19. The SMILES string of the molecule is O=C(CSc1nnc(-c2ccccc2F)n1-c1ccccc1)NCCC(=O)NC1CCCCC1. The molecule has 0 radical (unpaired) electrons. The Kier molecular flexibility index (Phi) is 8.30. The van der Waals surface area contributed by atoms with Gasteiger partial charge in [0.1, 0.15) is 5.82 Å². The number of hydrogen-bond donors (Lipinski definition) is 2. The fourth-order valence-electron chi connectivity index (χ4n) is 4.03. The third-order valence-electron chi connectivity index (χ3n) is 5.74. The molecule has 1 aliphatic carbocycles.